The van der Waals surface area contributed by atoms with E-state index in [1.165, 1.54) is 6.07 Å². The van der Waals surface area contributed by atoms with Gasteiger partial charge in [0, 0.05) is 13.2 Å². The van der Waals surface area contributed by atoms with E-state index in [0.29, 0.717) is 0 Å². The fourth-order valence-corrected chi connectivity index (χ4v) is 1.77. The van der Waals surface area contributed by atoms with Gasteiger partial charge in [-0.3, -0.25) is 9.48 Å². The largest absolute Gasteiger partial charge is 0.371 e. The molecule has 0 saturated heterocycles. The zero-order valence-electron chi connectivity index (χ0n) is 11.6. The molecule has 1 aromatic heterocycles. The summed E-state index contributed by atoms with van der Waals surface area (Å²) in [5, 5.41) is 9.56. The van der Waals surface area contributed by atoms with Gasteiger partial charge in [0.25, 0.3) is 0 Å². The summed E-state index contributed by atoms with van der Waals surface area (Å²) < 4.78 is 15.3. The van der Waals surface area contributed by atoms with E-state index < -0.39 is 11.9 Å². The first-order chi connectivity index (χ1) is 9.45. The standard InChI is InChI=1S/C14H17FN4O/c1-9-4-5-13(12(15)6-9)18-14(20)10(2)17-11-7-16-19(3)8-11/h4-8,10,17H,1-3H3,(H,18,20). The quantitative estimate of drug-likeness (QED) is 0.901. The molecule has 106 valence electrons. The smallest absolute Gasteiger partial charge is 0.246 e. The van der Waals surface area contributed by atoms with Crippen molar-refractivity contribution in [2.24, 2.45) is 7.05 Å². The van der Waals surface area contributed by atoms with Crippen molar-refractivity contribution in [2.45, 2.75) is 19.9 Å². The number of hydrogen-bond acceptors (Lipinski definition) is 3. The van der Waals surface area contributed by atoms with E-state index in [0.717, 1.165) is 11.3 Å². The monoisotopic (exact) mass is 276 g/mol. The molecule has 20 heavy (non-hydrogen) atoms. The van der Waals surface area contributed by atoms with Crippen molar-refractivity contribution in [3.8, 4) is 0 Å². The van der Waals surface area contributed by atoms with Crippen LogP contribution in [0.4, 0.5) is 15.8 Å². The van der Waals surface area contributed by atoms with Gasteiger partial charge < -0.3 is 10.6 Å². The molecule has 1 aromatic carbocycles. The Bertz CT molecular complexity index is 623. The van der Waals surface area contributed by atoms with Gasteiger partial charge in [0.1, 0.15) is 11.9 Å². The van der Waals surface area contributed by atoms with Crippen LogP contribution in [0.1, 0.15) is 12.5 Å². The zero-order chi connectivity index (χ0) is 14.7. The number of carbonyl (C=O) groups excluding carboxylic acids is 1. The second-order valence-corrected chi connectivity index (χ2v) is 4.74. The lowest BCUT2D eigenvalue weighted by molar-refractivity contribution is -0.116. The fourth-order valence-electron chi connectivity index (χ4n) is 1.77. The Morgan fingerprint density at radius 3 is 2.80 bits per heavy atom. The van der Waals surface area contributed by atoms with Crippen molar-refractivity contribution in [3.63, 3.8) is 0 Å². The summed E-state index contributed by atoms with van der Waals surface area (Å²) in [7, 11) is 1.79. The number of carbonyl (C=O) groups is 1. The van der Waals surface area contributed by atoms with Crippen molar-refractivity contribution in [3.05, 3.63) is 42.0 Å². The first-order valence-electron chi connectivity index (χ1n) is 6.28. The van der Waals surface area contributed by atoms with Crippen LogP contribution in [-0.4, -0.2) is 21.7 Å². The second-order valence-electron chi connectivity index (χ2n) is 4.74. The van der Waals surface area contributed by atoms with Crippen LogP contribution in [0.2, 0.25) is 0 Å². The van der Waals surface area contributed by atoms with Crippen LogP contribution in [0.25, 0.3) is 0 Å². The summed E-state index contributed by atoms with van der Waals surface area (Å²) in [5.74, 6) is -0.747. The number of aromatic nitrogens is 2. The van der Waals surface area contributed by atoms with Crippen LogP contribution in [0.5, 0.6) is 0 Å². The summed E-state index contributed by atoms with van der Waals surface area (Å²) in [4.78, 5) is 12.0. The van der Waals surface area contributed by atoms with Gasteiger partial charge in [0.05, 0.1) is 17.6 Å². The third kappa shape index (κ3) is 3.34. The van der Waals surface area contributed by atoms with Gasteiger partial charge in [-0.1, -0.05) is 6.07 Å². The Labute approximate surface area is 116 Å². The summed E-state index contributed by atoms with van der Waals surface area (Å²) in [6.45, 7) is 3.50. The molecular formula is C14H17FN4O. The average molecular weight is 276 g/mol. The molecule has 0 aliphatic heterocycles. The SMILES string of the molecule is Cc1ccc(NC(=O)C(C)Nc2cnn(C)c2)c(F)c1. The topological polar surface area (TPSA) is 59.0 Å². The van der Waals surface area contributed by atoms with Crippen LogP contribution < -0.4 is 10.6 Å². The number of aryl methyl sites for hydroxylation is 2. The van der Waals surface area contributed by atoms with E-state index in [2.05, 4.69) is 15.7 Å². The Hall–Kier alpha value is -2.37. The highest BCUT2D eigenvalue weighted by molar-refractivity contribution is 5.96. The highest BCUT2D eigenvalue weighted by Crippen LogP contribution is 2.16. The summed E-state index contributed by atoms with van der Waals surface area (Å²) in [6.07, 6.45) is 3.38. The predicted molar refractivity (Wildman–Crippen MR) is 76.1 cm³/mol. The average Bonchev–Trinajstić information content (AvgIpc) is 2.78. The Kier molecular flexibility index (Phi) is 4.02. The van der Waals surface area contributed by atoms with Crippen LogP contribution >= 0.6 is 0 Å². The van der Waals surface area contributed by atoms with Crippen molar-refractivity contribution >= 4 is 17.3 Å². The van der Waals surface area contributed by atoms with E-state index in [-0.39, 0.29) is 11.6 Å². The molecule has 2 aromatic rings. The molecule has 1 atom stereocenters. The van der Waals surface area contributed by atoms with Crippen LogP contribution in [-0.2, 0) is 11.8 Å². The molecule has 2 N–H and O–H groups in total. The molecule has 0 aliphatic carbocycles. The van der Waals surface area contributed by atoms with Gasteiger partial charge >= 0.3 is 0 Å². The maximum atomic E-state index is 13.7. The number of nitrogens with zero attached hydrogens (tertiary/aromatic N) is 2. The number of anilines is 2. The molecule has 0 saturated carbocycles. The predicted octanol–water partition coefficient (Wildman–Crippen LogP) is 2.31. The van der Waals surface area contributed by atoms with Crippen LogP contribution in [0, 0.1) is 12.7 Å². The minimum Gasteiger partial charge on any atom is -0.371 e. The molecule has 2 rings (SSSR count). The van der Waals surface area contributed by atoms with E-state index in [4.69, 9.17) is 0 Å². The van der Waals surface area contributed by atoms with Crippen molar-refractivity contribution < 1.29 is 9.18 Å². The molecule has 6 heteroatoms. The van der Waals surface area contributed by atoms with E-state index >= 15 is 0 Å². The maximum absolute atomic E-state index is 13.7. The third-order valence-electron chi connectivity index (χ3n) is 2.86. The van der Waals surface area contributed by atoms with E-state index in [9.17, 15) is 9.18 Å². The van der Waals surface area contributed by atoms with Crippen molar-refractivity contribution in [1.29, 1.82) is 0 Å². The summed E-state index contributed by atoms with van der Waals surface area (Å²) in [5.41, 5.74) is 1.72. The molecule has 0 aliphatic rings. The first-order valence-corrected chi connectivity index (χ1v) is 6.28. The normalized spacial score (nSPS) is 12.0. The molecule has 1 amide bonds. The van der Waals surface area contributed by atoms with Gasteiger partial charge in [-0.05, 0) is 31.5 Å². The second kappa shape index (κ2) is 5.73. The number of halogens is 1. The number of benzene rings is 1. The molecule has 0 bridgehead atoms. The Morgan fingerprint density at radius 1 is 1.45 bits per heavy atom. The Morgan fingerprint density at radius 2 is 2.20 bits per heavy atom. The molecule has 0 radical (unpaired) electrons. The van der Waals surface area contributed by atoms with Gasteiger partial charge in [0.2, 0.25) is 5.91 Å². The molecule has 5 nitrogen and oxygen atoms in total. The molecular weight excluding hydrogens is 259 g/mol. The lowest BCUT2D eigenvalue weighted by Crippen LogP contribution is -2.32. The molecule has 1 unspecified atom stereocenters. The summed E-state index contributed by atoms with van der Waals surface area (Å²) >= 11 is 0. The number of amides is 1. The fraction of sp³-hybridized carbons (Fsp3) is 0.286. The van der Waals surface area contributed by atoms with E-state index in [1.54, 1.807) is 50.1 Å². The minimum atomic E-state index is -0.500. The lowest BCUT2D eigenvalue weighted by Gasteiger charge is -2.14. The molecule has 0 spiro atoms. The van der Waals surface area contributed by atoms with Gasteiger partial charge in [-0.2, -0.15) is 5.10 Å². The van der Waals surface area contributed by atoms with Gasteiger partial charge in [-0.25, -0.2) is 4.39 Å². The minimum absolute atomic E-state index is 0.181. The molecule has 1 heterocycles. The van der Waals surface area contributed by atoms with E-state index in [1.807, 2.05) is 0 Å². The first kappa shape index (κ1) is 14.0. The number of hydrogen-bond donors (Lipinski definition) is 2. The highest BCUT2D eigenvalue weighted by Gasteiger charge is 2.15. The maximum Gasteiger partial charge on any atom is 0.246 e. The zero-order valence-corrected chi connectivity index (χ0v) is 11.6. The van der Waals surface area contributed by atoms with Gasteiger partial charge in [0.15, 0.2) is 0 Å². The third-order valence-corrected chi connectivity index (χ3v) is 2.86. The van der Waals surface area contributed by atoms with Gasteiger partial charge in [-0.15, -0.1) is 0 Å². The molecule has 0 fully saturated rings. The van der Waals surface area contributed by atoms with Crippen molar-refractivity contribution in [2.75, 3.05) is 10.6 Å². The van der Waals surface area contributed by atoms with Crippen molar-refractivity contribution in [1.82, 2.24) is 9.78 Å². The number of nitrogens with one attached hydrogen (secondary N) is 2. The summed E-state index contributed by atoms with van der Waals surface area (Å²) in [6, 6.07) is 4.19. The highest BCUT2D eigenvalue weighted by atomic mass is 19.1. The number of rotatable bonds is 4. The lowest BCUT2D eigenvalue weighted by atomic mass is 10.2. The van der Waals surface area contributed by atoms with Crippen LogP contribution in [0.3, 0.4) is 0 Å². The van der Waals surface area contributed by atoms with Crippen LogP contribution in [0.15, 0.2) is 30.6 Å². The Balaban J connectivity index is 2.00.